The topological polar surface area (TPSA) is 132 Å². The SMILES string of the molecule is CCOC(=O)C1=C(C)C2C(=O)/C(=C/c3ccc(-c4ccc([N+](=O)[O-])cc4)[nH]3)OC2=[O+]C1c1ccc(OC)cc1. The molecule has 1 N–H and O–H groups in total. The maximum absolute atomic E-state index is 13.4. The fourth-order valence-corrected chi connectivity index (χ4v) is 4.63. The summed E-state index contributed by atoms with van der Waals surface area (Å²) < 4.78 is 22.6. The van der Waals surface area contributed by atoms with Crippen LogP contribution in [0.4, 0.5) is 5.69 Å². The highest BCUT2D eigenvalue weighted by atomic mass is 16.6. The number of benzene rings is 2. The third kappa shape index (κ3) is 4.84. The summed E-state index contributed by atoms with van der Waals surface area (Å²) >= 11 is 0. The molecule has 2 unspecified atom stereocenters. The van der Waals surface area contributed by atoms with Crippen LogP contribution >= 0.6 is 0 Å². The molecule has 3 aromatic rings. The first-order valence-electron chi connectivity index (χ1n) is 12.2. The molecule has 198 valence electrons. The molecule has 0 saturated carbocycles. The number of H-pyrrole nitrogens is 1. The van der Waals surface area contributed by atoms with Crippen molar-refractivity contribution < 1.29 is 33.1 Å². The van der Waals surface area contributed by atoms with Gasteiger partial charge in [-0.15, -0.1) is 0 Å². The number of hydrogen-bond donors (Lipinski definition) is 1. The Hall–Kier alpha value is -4.99. The molecule has 0 aliphatic carbocycles. The minimum atomic E-state index is -0.880. The number of nitro benzene ring substituents is 1. The summed E-state index contributed by atoms with van der Waals surface area (Å²) in [4.78, 5) is 40.0. The highest BCUT2D eigenvalue weighted by Gasteiger charge is 2.56. The average molecular weight is 530 g/mol. The maximum atomic E-state index is 13.4. The zero-order chi connectivity index (χ0) is 27.7. The van der Waals surface area contributed by atoms with E-state index in [4.69, 9.17) is 18.6 Å². The molecule has 2 aromatic carbocycles. The smallest absolute Gasteiger partial charge is 0.497 e. The van der Waals surface area contributed by atoms with Crippen LogP contribution in [0.2, 0.25) is 0 Å². The second kappa shape index (κ2) is 10.4. The number of methoxy groups -OCH3 is 1. The summed E-state index contributed by atoms with van der Waals surface area (Å²) in [7, 11) is 1.56. The van der Waals surface area contributed by atoms with E-state index < -0.39 is 22.9 Å². The predicted molar refractivity (Wildman–Crippen MR) is 141 cm³/mol. The van der Waals surface area contributed by atoms with Crippen LogP contribution in [0.5, 0.6) is 5.75 Å². The third-order valence-corrected chi connectivity index (χ3v) is 6.60. The van der Waals surface area contributed by atoms with Crippen molar-refractivity contribution in [2.75, 3.05) is 13.7 Å². The predicted octanol–water partition coefficient (Wildman–Crippen LogP) is 4.85. The lowest BCUT2D eigenvalue weighted by Gasteiger charge is -2.19. The van der Waals surface area contributed by atoms with Gasteiger partial charge in [-0.2, -0.15) is 0 Å². The standard InChI is InChI=1S/C29H24N2O8/c1-4-37-28(33)25-16(2)24-26(32)23(38-29(24)39-27(25)18-7-12-21(36-3)13-8-18)15-19-9-14-22(30-19)17-5-10-20(11-6-17)31(34)35/h5-15,24,27H,4H2,1-3H3/p+1. The number of rotatable bonds is 7. The Morgan fingerprint density at radius 3 is 2.49 bits per heavy atom. The zero-order valence-electron chi connectivity index (χ0n) is 21.4. The van der Waals surface area contributed by atoms with Gasteiger partial charge in [0.15, 0.2) is 0 Å². The Bertz CT molecular complexity index is 1540. The molecule has 0 radical (unpaired) electrons. The molecule has 10 heteroatoms. The summed E-state index contributed by atoms with van der Waals surface area (Å²) in [6.07, 6.45) is 0.735. The Labute approximate surface area is 223 Å². The second-order valence-corrected chi connectivity index (χ2v) is 8.95. The number of nitrogens with zero attached hydrogens (tertiary/aromatic N) is 1. The average Bonchev–Trinajstić information content (AvgIpc) is 3.53. The van der Waals surface area contributed by atoms with Crippen LogP contribution in [-0.4, -0.2) is 41.3 Å². The highest BCUT2D eigenvalue weighted by Crippen LogP contribution is 2.40. The quantitative estimate of drug-likeness (QED) is 0.116. The first kappa shape index (κ1) is 25.7. The largest absolute Gasteiger partial charge is 0.508 e. The first-order chi connectivity index (χ1) is 18.8. The first-order valence-corrected chi connectivity index (χ1v) is 12.2. The van der Waals surface area contributed by atoms with Gasteiger partial charge in [-0.3, -0.25) is 19.6 Å². The summed E-state index contributed by atoms with van der Waals surface area (Å²) in [5.74, 6) is -0.977. The molecule has 5 rings (SSSR count). The lowest BCUT2D eigenvalue weighted by Crippen LogP contribution is -2.30. The number of esters is 2. The van der Waals surface area contributed by atoms with E-state index >= 15 is 0 Å². The Morgan fingerprint density at radius 1 is 1.13 bits per heavy atom. The molecular weight excluding hydrogens is 504 g/mol. The van der Waals surface area contributed by atoms with E-state index in [-0.39, 0.29) is 35.4 Å². The molecule has 2 atom stereocenters. The van der Waals surface area contributed by atoms with Gasteiger partial charge in [-0.05, 0) is 73.5 Å². The number of ether oxygens (including phenoxy) is 3. The van der Waals surface area contributed by atoms with E-state index in [1.54, 1.807) is 75.6 Å². The number of nitro groups is 1. The van der Waals surface area contributed by atoms with Crippen molar-refractivity contribution in [3.63, 3.8) is 0 Å². The number of carbonyl (C=O) groups excluding carboxylic acids is 3. The van der Waals surface area contributed by atoms with Crippen LogP contribution in [0.15, 0.2) is 77.6 Å². The van der Waals surface area contributed by atoms with Crippen LogP contribution < -0.4 is 4.74 Å². The highest BCUT2D eigenvalue weighted by molar-refractivity contribution is 6.18. The number of carbonyl (C=O) groups is 2. The number of allylic oxidation sites excluding steroid dienone is 1. The molecule has 2 aliphatic rings. The van der Waals surface area contributed by atoms with Crippen LogP contribution in [-0.2, 0) is 23.5 Å². The summed E-state index contributed by atoms with van der Waals surface area (Å²) in [6, 6.07) is 16.8. The molecule has 2 aliphatic heterocycles. The minimum Gasteiger partial charge on any atom is -0.497 e. The van der Waals surface area contributed by atoms with Crippen molar-refractivity contribution >= 4 is 29.5 Å². The molecule has 1 aromatic heterocycles. The maximum Gasteiger partial charge on any atom is 0.508 e. The second-order valence-electron chi connectivity index (χ2n) is 8.95. The van der Waals surface area contributed by atoms with E-state index in [2.05, 4.69) is 4.98 Å². The summed E-state index contributed by atoms with van der Waals surface area (Å²) in [5.41, 5.74) is 3.48. The Balaban J connectivity index is 1.47. The summed E-state index contributed by atoms with van der Waals surface area (Å²) in [6.45, 7) is 3.59. The number of Topliss-reactive ketones (excluding diaryl/α,β-unsaturated/α-hetero) is 1. The molecule has 0 spiro atoms. The van der Waals surface area contributed by atoms with Gasteiger partial charge < -0.3 is 18.9 Å². The third-order valence-electron chi connectivity index (χ3n) is 6.60. The summed E-state index contributed by atoms with van der Waals surface area (Å²) in [5, 5.41) is 10.9. The van der Waals surface area contributed by atoms with Gasteiger partial charge in [0, 0.05) is 35.2 Å². The van der Waals surface area contributed by atoms with E-state index in [1.807, 2.05) is 0 Å². The molecular formula is C29H25N2O8+. The lowest BCUT2D eigenvalue weighted by molar-refractivity contribution is -0.510. The van der Waals surface area contributed by atoms with Gasteiger partial charge >= 0.3 is 11.9 Å². The minimum absolute atomic E-state index is 0.00390. The van der Waals surface area contributed by atoms with Crippen LogP contribution in [0, 0.1) is 16.0 Å². The normalized spacial score (nSPS) is 19.4. The number of aromatic amines is 1. The van der Waals surface area contributed by atoms with Gasteiger partial charge in [-0.25, -0.2) is 4.79 Å². The van der Waals surface area contributed by atoms with E-state index in [1.165, 1.54) is 12.1 Å². The number of ketones is 1. The molecule has 1 fully saturated rings. The van der Waals surface area contributed by atoms with Crippen molar-refractivity contribution in [1.82, 2.24) is 4.98 Å². The van der Waals surface area contributed by atoms with Crippen molar-refractivity contribution in [3.05, 3.63) is 98.9 Å². The number of non-ortho nitro benzene ring substituents is 1. The van der Waals surface area contributed by atoms with Gasteiger partial charge in [0.2, 0.25) is 5.92 Å². The van der Waals surface area contributed by atoms with Gasteiger partial charge in [0.05, 0.1) is 18.6 Å². The monoisotopic (exact) mass is 529 g/mol. The fourth-order valence-electron chi connectivity index (χ4n) is 4.63. The Kier molecular flexibility index (Phi) is 6.84. The van der Waals surface area contributed by atoms with Crippen LogP contribution in [0.25, 0.3) is 17.3 Å². The number of nitrogens with one attached hydrogen (secondary N) is 1. The van der Waals surface area contributed by atoms with Crippen molar-refractivity contribution in [2.45, 2.75) is 20.0 Å². The molecule has 0 amide bonds. The van der Waals surface area contributed by atoms with Gasteiger partial charge in [0.25, 0.3) is 23.3 Å². The van der Waals surface area contributed by atoms with Gasteiger partial charge in [0.1, 0.15) is 11.3 Å². The fraction of sp³-hybridized carbons (Fsp3) is 0.207. The number of aromatic nitrogens is 1. The molecule has 1 saturated heterocycles. The van der Waals surface area contributed by atoms with Crippen molar-refractivity contribution in [3.8, 4) is 17.0 Å². The lowest BCUT2D eigenvalue weighted by atomic mass is 9.86. The van der Waals surface area contributed by atoms with Crippen molar-refractivity contribution in [2.24, 2.45) is 5.92 Å². The molecule has 3 heterocycles. The molecule has 39 heavy (non-hydrogen) atoms. The Morgan fingerprint density at radius 2 is 1.85 bits per heavy atom. The zero-order valence-corrected chi connectivity index (χ0v) is 21.4. The number of hydrogen-bond acceptors (Lipinski definition) is 7. The van der Waals surface area contributed by atoms with E-state index in [9.17, 15) is 19.7 Å². The van der Waals surface area contributed by atoms with Gasteiger partial charge in [-0.1, -0.05) is 0 Å². The van der Waals surface area contributed by atoms with E-state index in [0.717, 1.165) is 5.56 Å². The van der Waals surface area contributed by atoms with Crippen LogP contribution in [0.3, 0.4) is 0 Å². The van der Waals surface area contributed by atoms with Crippen molar-refractivity contribution in [1.29, 1.82) is 0 Å². The van der Waals surface area contributed by atoms with Crippen LogP contribution in [0.1, 0.15) is 31.2 Å². The molecule has 10 nitrogen and oxygen atoms in total. The molecule has 0 bridgehead atoms. The number of fused-ring (bicyclic) bond motifs is 1. The van der Waals surface area contributed by atoms with E-state index in [0.29, 0.717) is 28.3 Å².